The van der Waals surface area contributed by atoms with Crippen LogP contribution in [0.1, 0.15) is 252 Å². The lowest BCUT2D eigenvalue weighted by atomic mass is 10.0. The third kappa shape index (κ3) is 44.6. The molecule has 0 aliphatic rings. The molecule has 0 aliphatic carbocycles. The van der Waals surface area contributed by atoms with E-state index in [2.05, 4.69) is 57.2 Å². The van der Waals surface area contributed by atoms with Crippen molar-refractivity contribution in [2.45, 2.75) is 258 Å². The average Bonchev–Trinajstić information content (AvgIpc) is 3.21. The molecule has 0 aromatic heterocycles. The zero-order valence-corrected chi connectivity index (χ0v) is 37.9. The molecule has 0 radical (unpaired) electrons. The Kier molecular flexibility index (Phi) is 44.4. The lowest BCUT2D eigenvalue weighted by Gasteiger charge is -2.18. The van der Waals surface area contributed by atoms with Crippen LogP contribution >= 0.6 is 0 Å². The van der Waals surface area contributed by atoms with E-state index in [0.29, 0.717) is 19.3 Å². The van der Waals surface area contributed by atoms with Crippen molar-refractivity contribution in [3.8, 4) is 0 Å². The van der Waals surface area contributed by atoms with Gasteiger partial charge in [-0.1, -0.05) is 198 Å². The number of hydrogen-bond acceptors (Lipinski definition) is 6. The number of hydrogen-bond donors (Lipinski definition) is 0. The number of carbonyl (C=O) groups excluding carboxylic acids is 3. The summed E-state index contributed by atoms with van der Waals surface area (Å²) >= 11 is 0. The summed E-state index contributed by atoms with van der Waals surface area (Å²) in [6, 6.07) is 0. The third-order valence-corrected chi connectivity index (χ3v) is 10.6. The zero-order valence-electron chi connectivity index (χ0n) is 37.9. The molecule has 332 valence electrons. The summed E-state index contributed by atoms with van der Waals surface area (Å²) in [6.45, 7) is 6.56. The summed E-state index contributed by atoms with van der Waals surface area (Å²) in [6.07, 6.45) is 52.7. The molecule has 57 heavy (non-hydrogen) atoms. The molecule has 0 N–H and O–H groups in total. The van der Waals surface area contributed by atoms with Crippen molar-refractivity contribution >= 4 is 17.9 Å². The number of rotatable bonds is 44. The van der Waals surface area contributed by atoms with E-state index in [1.807, 2.05) is 0 Å². The van der Waals surface area contributed by atoms with Gasteiger partial charge >= 0.3 is 17.9 Å². The monoisotopic (exact) mass is 801 g/mol. The summed E-state index contributed by atoms with van der Waals surface area (Å²) in [5, 5.41) is 0. The van der Waals surface area contributed by atoms with E-state index >= 15 is 0 Å². The van der Waals surface area contributed by atoms with Crippen LogP contribution in [0.5, 0.6) is 0 Å². The zero-order chi connectivity index (χ0) is 41.5. The van der Waals surface area contributed by atoms with E-state index in [9.17, 15) is 14.4 Å². The van der Waals surface area contributed by atoms with Crippen molar-refractivity contribution in [1.82, 2.24) is 0 Å². The van der Waals surface area contributed by atoms with E-state index in [1.165, 1.54) is 122 Å². The number of allylic oxidation sites excluding steroid dienone is 6. The van der Waals surface area contributed by atoms with Crippen molar-refractivity contribution in [2.24, 2.45) is 0 Å². The van der Waals surface area contributed by atoms with Crippen LogP contribution in [0.3, 0.4) is 0 Å². The van der Waals surface area contributed by atoms with E-state index in [-0.39, 0.29) is 31.1 Å². The second kappa shape index (κ2) is 46.3. The van der Waals surface area contributed by atoms with Crippen LogP contribution in [-0.4, -0.2) is 37.2 Å². The van der Waals surface area contributed by atoms with Crippen LogP contribution in [0.15, 0.2) is 36.5 Å². The number of carbonyl (C=O) groups is 3. The second-order valence-corrected chi connectivity index (χ2v) is 16.4. The molecule has 0 aliphatic heterocycles. The van der Waals surface area contributed by atoms with Gasteiger partial charge in [0.25, 0.3) is 0 Å². The Morgan fingerprint density at radius 2 is 0.649 bits per heavy atom. The highest BCUT2D eigenvalue weighted by Gasteiger charge is 2.19. The minimum absolute atomic E-state index is 0.0776. The number of ether oxygens (including phenoxy) is 3. The second-order valence-electron chi connectivity index (χ2n) is 16.4. The highest BCUT2D eigenvalue weighted by atomic mass is 16.6. The normalized spacial score (nSPS) is 12.3. The van der Waals surface area contributed by atoms with E-state index in [0.717, 1.165) is 89.9 Å². The Morgan fingerprint density at radius 1 is 0.351 bits per heavy atom. The summed E-state index contributed by atoms with van der Waals surface area (Å²) in [7, 11) is 0. The Bertz CT molecular complexity index is 969. The van der Waals surface area contributed by atoms with Crippen LogP contribution < -0.4 is 0 Å². The minimum Gasteiger partial charge on any atom is -0.462 e. The smallest absolute Gasteiger partial charge is 0.306 e. The standard InChI is InChI=1S/C51H92O6/c1-4-7-10-13-16-19-22-24-25-26-27-28-30-32-35-38-41-44-50(53)56-47-48(46-55-49(52)43-40-37-34-31-21-18-15-12-9-6-3)57-51(54)45-42-39-36-33-29-23-20-17-14-11-8-5-2/h15-16,18-19,24-25,48H,4-14,17,20-23,26-47H2,1-3H3/b18-15-,19-16-,25-24-. The molecule has 0 aromatic rings. The number of unbranched alkanes of at least 4 members (excludes halogenated alkanes) is 27. The van der Waals surface area contributed by atoms with Crippen molar-refractivity contribution in [2.75, 3.05) is 13.2 Å². The van der Waals surface area contributed by atoms with E-state index in [1.54, 1.807) is 0 Å². The highest BCUT2D eigenvalue weighted by molar-refractivity contribution is 5.71. The molecule has 0 bridgehead atoms. The SMILES string of the molecule is CCCC/C=C\CCCCCCC(=O)OCC(COC(=O)CCCCCCCCC/C=C\C/C=C\CCCCC)OC(=O)CCCCCCCCCCCCCC. The molecule has 0 heterocycles. The Labute approximate surface area is 353 Å². The third-order valence-electron chi connectivity index (χ3n) is 10.6. The van der Waals surface area contributed by atoms with Crippen molar-refractivity contribution in [3.05, 3.63) is 36.5 Å². The molecule has 6 heteroatoms. The van der Waals surface area contributed by atoms with Gasteiger partial charge in [-0.05, 0) is 70.6 Å². The fraction of sp³-hybridized carbons (Fsp3) is 0.824. The molecular formula is C51H92O6. The maximum absolute atomic E-state index is 12.7. The summed E-state index contributed by atoms with van der Waals surface area (Å²) in [5.41, 5.74) is 0. The van der Waals surface area contributed by atoms with E-state index < -0.39 is 6.10 Å². The predicted molar refractivity (Wildman–Crippen MR) is 242 cm³/mol. The predicted octanol–water partition coefficient (Wildman–Crippen LogP) is 15.8. The van der Waals surface area contributed by atoms with Crippen molar-refractivity contribution < 1.29 is 28.6 Å². The van der Waals surface area contributed by atoms with Gasteiger partial charge < -0.3 is 14.2 Å². The molecule has 0 saturated carbocycles. The minimum atomic E-state index is -0.774. The first kappa shape index (κ1) is 54.6. The van der Waals surface area contributed by atoms with Gasteiger partial charge in [-0.3, -0.25) is 14.4 Å². The molecule has 0 saturated heterocycles. The van der Waals surface area contributed by atoms with Gasteiger partial charge in [0, 0.05) is 19.3 Å². The van der Waals surface area contributed by atoms with Gasteiger partial charge in [0.2, 0.25) is 0 Å². The first-order valence-corrected chi connectivity index (χ1v) is 24.5. The van der Waals surface area contributed by atoms with Crippen LogP contribution in [-0.2, 0) is 28.6 Å². The summed E-state index contributed by atoms with van der Waals surface area (Å²) < 4.78 is 16.7. The van der Waals surface area contributed by atoms with Crippen LogP contribution in [0.4, 0.5) is 0 Å². The van der Waals surface area contributed by atoms with Gasteiger partial charge in [-0.2, -0.15) is 0 Å². The van der Waals surface area contributed by atoms with Gasteiger partial charge in [-0.25, -0.2) is 0 Å². The molecule has 0 aromatic carbocycles. The Morgan fingerprint density at radius 3 is 1.07 bits per heavy atom. The largest absolute Gasteiger partial charge is 0.462 e. The fourth-order valence-corrected chi connectivity index (χ4v) is 6.86. The molecule has 1 unspecified atom stereocenters. The first-order chi connectivity index (χ1) is 28.0. The highest BCUT2D eigenvalue weighted by Crippen LogP contribution is 2.15. The van der Waals surface area contributed by atoms with Crippen LogP contribution in [0.25, 0.3) is 0 Å². The first-order valence-electron chi connectivity index (χ1n) is 24.5. The van der Waals surface area contributed by atoms with Crippen molar-refractivity contribution in [1.29, 1.82) is 0 Å². The maximum atomic E-state index is 12.7. The topological polar surface area (TPSA) is 78.9 Å². The molecule has 6 nitrogen and oxygen atoms in total. The molecular weight excluding hydrogens is 709 g/mol. The van der Waals surface area contributed by atoms with Gasteiger partial charge in [-0.15, -0.1) is 0 Å². The molecule has 0 rings (SSSR count). The summed E-state index contributed by atoms with van der Waals surface area (Å²) in [5.74, 6) is -0.893. The van der Waals surface area contributed by atoms with Gasteiger partial charge in [0.15, 0.2) is 6.10 Å². The van der Waals surface area contributed by atoms with Crippen molar-refractivity contribution in [3.63, 3.8) is 0 Å². The van der Waals surface area contributed by atoms with Gasteiger partial charge in [0.05, 0.1) is 0 Å². The molecule has 0 spiro atoms. The Hall–Kier alpha value is -2.37. The maximum Gasteiger partial charge on any atom is 0.306 e. The molecule has 1 atom stereocenters. The lowest BCUT2D eigenvalue weighted by Crippen LogP contribution is -2.30. The van der Waals surface area contributed by atoms with E-state index in [4.69, 9.17) is 14.2 Å². The quantitative estimate of drug-likeness (QED) is 0.0264. The van der Waals surface area contributed by atoms with Crippen LogP contribution in [0.2, 0.25) is 0 Å². The average molecular weight is 801 g/mol. The van der Waals surface area contributed by atoms with Gasteiger partial charge in [0.1, 0.15) is 13.2 Å². The number of esters is 3. The lowest BCUT2D eigenvalue weighted by molar-refractivity contribution is -0.167. The molecule has 0 fully saturated rings. The Balaban J connectivity index is 4.33. The van der Waals surface area contributed by atoms with Crippen LogP contribution in [0, 0.1) is 0 Å². The fourth-order valence-electron chi connectivity index (χ4n) is 6.86. The summed E-state index contributed by atoms with van der Waals surface area (Å²) in [4.78, 5) is 37.8. The molecule has 0 amide bonds.